The summed E-state index contributed by atoms with van der Waals surface area (Å²) < 4.78 is 5.19. The van der Waals surface area contributed by atoms with Crippen LogP contribution in [0.2, 0.25) is 0 Å². The number of nitrogens with two attached hydrogens (primary N) is 1. The zero-order valence-electron chi connectivity index (χ0n) is 10.6. The molecular formula is C14H15N3OS. The molecular weight excluding hydrogens is 258 g/mol. The number of nitrogens with zero attached hydrogens (tertiary/aromatic N) is 1. The monoisotopic (exact) mass is 273 g/mol. The van der Waals surface area contributed by atoms with Crippen molar-refractivity contribution in [3.63, 3.8) is 0 Å². The average Bonchev–Trinajstić information content (AvgIpc) is 2.45. The fraction of sp³-hybridized carbons (Fsp3) is 0.143. The predicted molar refractivity (Wildman–Crippen MR) is 80.4 cm³/mol. The molecule has 1 aromatic carbocycles. The Hall–Kier alpha value is -2.14. The number of thiocarbonyl (C=S) groups is 1. The molecule has 0 saturated heterocycles. The standard InChI is InChI=1S/C14H15N3OS/c1-18-11-4-2-3-10(7-11)8-17-13-9-16-6-5-12(13)14(15)19/h2-7,9,17H,8H2,1H3,(H2,15,19). The van der Waals surface area contributed by atoms with E-state index in [1.807, 2.05) is 24.3 Å². The number of benzene rings is 1. The van der Waals surface area contributed by atoms with Gasteiger partial charge in [0.25, 0.3) is 0 Å². The molecule has 2 aromatic rings. The highest BCUT2D eigenvalue weighted by Gasteiger charge is 2.04. The van der Waals surface area contributed by atoms with E-state index in [2.05, 4.69) is 10.3 Å². The fourth-order valence-corrected chi connectivity index (χ4v) is 1.91. The quantitative estimate of drug-likeness (QED) is 0.819. The van der Waals surface area contributed by atoms with Crippen molar-refractivity contribution >= 4 is 22.9 Å². The molecule has 0 bridgehead atoms. The lowest BCUT2D eigenvalue weighted by atomic mass is 10.2. The molecule has 5 heteroatoms. The highest BCUT2D eigenvalue weighted by atomic mass is 32.1. The van der Waals surface area contributed by atoms with Crippen LogP contribution in [0.4, 0.5) is 5.69 Å². The Bertz CT molecular complexity index is 586. The van der Waals surface area contributed by atoms with Crippen LogP contribution in [-0.2, 0) is 6.54 Å². The summed E-state index contributed by atoms with van der Waals surface area (Å²) in [5.41, 5.74) is 8.41. The van der Waals surface area contributed by atoms with Gasteiger partial charge < -0.3 is 15.8 Å². The average molecular weight is 273 g/mol. The molecule has 0 spiro atoms. The van der Waals surface area contributed by atoms with Crippen LogP contribution in [0.15, 0.2) is 42.7 Å². The molecule has 0 fully saturated rings. The number of nitrogens with one attached hydrogen (secondary N) is 1. The highest BCUT2D eigenvalue weighted by molar-refractivity contribution is 7.80. The molecule has 0 saturated carbocycles. The maximum atomic E-state index is 5.67. The van der Waals surface area contributed by atoms with Crippen molar-refractivity contribution in [2.75, 3.05) is 12.4 Å². The van der Waals surface area contributed by atoms with E-state index in [9.17, 15) is 0 Å². The predicted octanol–water partition coefficient (Wildman–Crippen LogP) is 2.34. The second-order valence-corrected chi connectivity index (χ2v) is 4.43. The first kappa shape index (κ1) is 13.3. The minimum atomic E-state index is 0.357. The number of rotatable bonds is 5. The van der Waals surface area contributed by atoms with Gasteiger partial charge in [-0.25, -0.2) is 0 Å². The number of hydrogen-bond donors (Lipinski definition) is 2. The van der Waals surface area contributed by atoms with E-state index in [-0.39, 0.29) is 0 Å². The molecule has 0 radical (unpaired) electrons. The Kier molecular flexibility index (Phi) is 4.30. The lowest BCUT2D eigenvalue weighted by molar-refractivity contribution is 0.414. The summed E-state index contributed by atoms with van der Waals surface area (Å²) in [6, 6.07) is 9.66. The highest BCUT2D eigenvalue weighted by Crippen LogP contribution is 2.17. The number of anilines is 1. The van der Waals surface area contributed by atoms with Gasteiger partial charge in [-0.2, -0.15) is 0 Å². The Morgan fingerprint density at radius 1 is 1.42 bits per heavy atom. The van der Waals surface area contributed by atoms with Crippen molar-refractivity contribution in [2.24, 2.45) is 5.73 Å². The van der Waals surface area contributed by atoms with Crippen molar-refractivity contribution in [1.29, 1.82) is 0 Å². The van der Waals surface area contributed by atoms with Gasteiger partial charge in [0.15, 0.2) is 0 Å². The van der Waals surface area contributed by atoms with E-state index in [1.165, 1.54) is 0 Å². The first-order chi connectivity index (χ1) is 9.20. The summed E-state index contributed by atoms with van der Waals surface area (Å²) in [7, 11) is 1.65. The van der Waals surface area contributed by atoms with E-state index in [0.29, 0.717) is 11.5 Å². The third kappa shape index (κ3) is 3.42. The number of pyridine rings is 1. The molecule has 2 rings (SSSR count). The van der Waals surface area contributed by atoms with Gasteiger partial charge in [0, 0.05) is 18.3 Å². The van der Waals surface area contributed by atoms with Gasteiger partial charge >= 0.3 is 0 Å². The van der Waals surface area contributed by atoms with Gasteiger partial charge in [0.1, 0.15) is 10.7 Å². The fourth-order valence-electron chi connectivity index (χ4n) is 1.73. The van der Waals surface area contributed by atoms with Crippen molar-refractivity contribution in [2.45, 2.75) is 6.54 Å². The Labute approximate surface area is 117 Å². The van der Waals surface area contributed by atoms with Crippen LogP contribution >= 0.6 is 12.2 Å². The summed E-state index contributed by atoms with van der Waals surface area (Å²) >= 11 is 5.01. The molecule has 0 atom stereocenters. The topological polar surface area (TPSA) is 60.2 Å². The Morgan fingerprint density at radius 3 is 3.00 bits per heavy atom. The zero-order valence-corrected chi connectivity index (χ0v) is 11.4. The van der Waals surface area contributed by atoms with Crippen molar-refractivity contribution in [3.8, 4) is 5.75 Å². The van der Waals surface area contributed by atoms with Gasteiger partial charge in [0.2, 0.25) is 0 Å². The van der Waals surface area contributed by atoms with E-state index in [0.717, 1.165) is 22.6 Å². The molecule has 0 aliphatic carbocycles. The lowest BCUT2D eigenvalue weighted by Gasteiger charge is -2.11. The molecule has 0 unspecified atom stereocenters. The number of hydrogen-bond acceptors (Lipinski definition) is 4. The van der Waals surface area contributed by atoms with Crippen molar-refractivity contribution in [1.82, 2.24) is 4.98 Å². The SMILES string of the molecule is COc1cccc(CNc2cnccc2C(N)=S)c1. The van der Waals surface area contributed by atoms with Crippen LogP contribution < -0.4 is 15.8 Å². The summed E-state index contributed by atoms with van der Waals surface area (Å²) in [4.78, 5) is 4.43. The van der Waals surface area contributed by atoms with Crippen molar-refractivity contribution < 1.29 is 4.74 Å². The summed E-state index contributed by atoms with van der Waals surface area (Å²) in [6.45, 7) is 0.651. The van der Waals surface area contributed by atoms with Gasteiger partial charge in [-0.05, 0) is 23.8 Å². The number of methoxy groups -OCH3 is 1. The molecule has 1 aromatic heterocycles. The molecule has 98 valence electrons. The van der Waals surface area contributed by atoms with Crippen LogP contribution in [0.3, 0.4) is 0 Å². The maximum Gasteiger partial charge on any atom is 0.119 e. The van der Waals surface area contributed by atoms with Gasteiger partial charge in [0.05, 0.1) is 19.0 Å². The van der Waals surface area contributed by atoms with E-state index in [1.54, 1.807) is 25.6 Å². The van der Waals surface area contributed by atoms with Gasteiger partial charge in [-0.15, -0.1) is 0 Å². The van der Waals surface area contributed by atoms with Gasteiger partial charge in [-0.3, -0.25) is 4.98 Å². The first-order valence-electron chi connectivity index (χ1n) is 5.81. The van der Waals surface area contributed by atoms with Crippen molar-refractivity contribution in [3.05, 3.63) is 53.9 Å². The third-order valence-corrected chi connectivity index (χ3v) is 2.92. The molecule has 19 heavy (non-hydrogen) atoms. The van der Waals surface area contributed by atoms with Crippen LogP contribution in [0.1, 0.15) is 11.1 Å². The van der Waals surface area contributed by atoms with Crippen LogP contribution in [-0.4, -0.2) is 17.1 Å². The molecule has 1 heterocycles. The summed E-state index contributed by atoms with van der Waals surface area (Å²) in [5, 5.41) is 3.28. The number of ether oxygens (including phenoxy) is 1. The van der Waals surface area contributed by atoms with Crippen LogP contribution in [0.25, 0.3) is 0 Å². The lowest BCUT2D eigenvalue weighted by Crippen LogP contribution is -2.13. The molecule has 0 aliphatic heterocycles. The van der Waals surface area contributed by atoms with E-state index < -0.39 is 0 Å². The first-order valence-corrected chi connectivity index (χ1v) is 6.22. The smallest absolute Gasteiger partial charge is 0.119 e. The Morgan fingerprint density at radius 2 is 2.26 bits per heavy atom. The van der Waals surface area contributed by atoms with Gasteiger partial charge in [-0.1, -0.05) is 24.4 Å². The Balaban J connectivity index is 2.12. The molecule has 4 nitrogen and oxygen atoms in total. The second-order valence-electron chi connectivity index (χ2n) is 3.99. The third-order valence-electron chi connectivity index (χ3n) is 2.70. The second kappa shape index (κ2) is 6.15. The summed E-state index contributed by atoms with van der Waals surface area (Å²) in [5.74, 6) is 0.833. The molecule has 0 amide bonds. The van der Waals surface area contributed by atoms with E-state index >= 15 is 0 Å². The minimum absolute atomic E-state index is 0.357. The van der Waals surface area contributed by atoms with Crippen LogP contribution in [0, 0.1) is 0 Å². The molecule has 3 N–H and O–H groups in total. The minimum Gasteiger partial charge on any atom is -0.497 e. The largest absolute Gasteiger partial charge is 0.497 e. The zero-order chi connectivity index (χ0) is 13.7. The normalized spacial score (nSPS) is 9.95. The summed E-state index contributed by atoms with van der Waals surface area (Å²) in [6.07, 6.45) is 3.39. The van der Waals surface area contributed by atoms with Crippen LogP contribution in [0.5, 0.6) is 5.75 Å². The molecule has 0 aliphatic rings. The maximum absolute atomic E-state index is 5.67. The number of aromatic nitrogens is 1. The van der Waals surface area contributed by atoms with E-state index in [4.69, 9.17) is 22.7 Å².